The van der Waals surface area contributed by atoms with Crippen LogP contribution in [0.3, 0.4) is 0 Å². The molecule has 0 fully saturated rings. The van der Waals surface area contributed by atoms with E-state index in [2.05, 4.69) is 27.3 Å². The number of aromatic nitrogens is 4. The van der Waals surface area contributed by atoms with Gasteiger partial charge in [-0.3, -0.25) is 14.9 Å². The van der Waals surface area contributed by atoms with Crippen molar-refractivity contribution in [2.45, 2.75) is 57.4 Å². The zero-order valence-electron chi connectivity index (χ0n) is 17.4. The van der Waals surface area contributed by atoms with Crippen LogP contribution in [-0.2, 0) is 11.2 Å². The van der Waals surface area contributed by atoms with Crippen LogP contribution in [0.25, 0.3) is 5.78 Å². The van der Waals surface area contributed by atoms with Crippen LogP contribution < -0.4 is 5.32 Å². The number of thioether (sulfide) groups is 1. The fourth-order valence-electron chi connectivity index (χ4n) is 3.08. The van der Waals surface area contributed by atoms with E-state index in [0.29, 0.717) is 16.6 Å². The van der Waals surface area contributed by atoms with Crippen LogP contribution in [0.4, 0.5) is 11.4 Å². The van der Waals surface area contributed by atoms with Crippen molar-refractivity contribution in [1.82, 2.24) is 19.6 Å². The van der Waals surface area contributed by atoms with E-state index < -0.39 is 10.2 Å². The summed E-state index contributed by atoms with van der Waals surface area (Å²) in [6.07, 6.45) is 3.15. The smallest absolute Gasteiger partial charge is 0.269 e. The maximum atomic E-state index is 12.5. The number of amides is 1. The van der Waals surface area contributed by atoms with Crippen molar-refractivity contribution in [3.05, 3.63) is 51.3 Å². The van der Waals surface area contributed by atoms with Gasteiger partial charge in [0.25, 0.3) is 11.5 Å². The summed E-state index contributed by atoms with van der Waals surface area (Å²) in [6.45, 7) is 7.92. The number of non-ortho nitro benzene ring substituents is 1. The molecule has 0 spiro atoms. The van der Waals surface area contributed by atoms with Gasteiger partial charge in [-0.1, -0.05) is 25.1 Å². The van der Waals surface area contributed by atoms with E-state index in [1.54, 1.807) is 11.4 Å². The molecule has 1 amide bonds. The Morgan fingerprint density at radius 3 is 2.60 bits per heavy atom. The second kappa shape index (κ2) is 9.21. The van der Waals surface area contributed by atoms with Crippen molar-refractivity contribution in [2.75, 3.05) is 5.32 Å². The van der Waals surface area contributed by atoms with Crippen molar-refractivity contribution in [2.24, 2.45) is 0 Å². The summed E-state index contributed by atoms with van der Waals surface area (Å²) >= 11 is 1.24. The van der Waals surface area contributed by atoms with E-state index in [1.807, 2.05) is 13.8 Å². The fraction of sp³-hybridized carbons (Fsp3) is 0.400. The number of anilines is 1. The molecule has 30 heavy (non-hydrogen) atoms. The molecule has 0 saturated carbocycles. The predicted octanol–water partition coefficient (Wildman–Crippen LogP) is 4.11. The number of fused-ring (bicyclic) bond motifs is 1. The number of nitrogens with zero attached hydrogens (tertiary/aromatic N) is 5. The molecule has 0 aliphatic heterocycles. The van der Waals surface area contributed by atoms with Crippen LogP contribution in [0, 0.1) is 24.0 Å². The number of carbonyl (C=O) groups is 1. The second-order valence-electron chi connectivity index (χ2n) is 7.02. The van der Waals surface area contributed by atoms with Gasteiger partial charge in [-0.2, -0.15) is 4.98 Å². The lowest BCUT2D eigenvalue weighted by Gasteiger charge is -2.10. The maximum Gasteiger partial charge on any atom is 0.269 e. The minimum Gasteiger partial charge on any atom is -0.325 e. The first-order valence-electron chi connectivity index (χ1n) is 9.75. The highest BCUT2D eigenvalue weighted by Gasteiger charge is 2.20. The highest BCUT2D eigenvalue weighted by molar-refractivity contribution is 8.00. The zero-order valence-corrected chi connectivity index (χ0v) is 18.2. The molecule has 2 aromatic heterocycles. The number of nitrogens with one attached hydrogen (secondary N) is 1. The van der Waals surface area contributed by atoms with E-state index in [0.717, 1.165) is 30.7 Å². The van der Waals surface area contributed by atoms with Gasteiger partial charge in [0.1, 0.15) is 0 Å². The predicted molar refractivity (Wildman–Crippen MR) is 116 cm³/mol. The van der Waals surface area contributed by atoms with Gasteiger partial charge in [0.05, 0.1) is 10.2 Å². The number of hydrogen-bond donors (Lipinski definition) is 1. The molecule has 10 heteroatoms. The molecule has 1 atom stereocenters. The minimum absolute atomic E-state index is 0.0270. The van der Waals surface area contributed by atoms with Crippen LogP contribution in [0.5, 0.6) is 0 Å². The van der Waals surface area contributed by atoms with E-state index in [-0.39, 0.29) is 11.6 Å². The molecule has 0 bridgehead atoms. The van der Waals surface area contributed by atoms with Crippen LogP contribution >= 0.6 is 11.8 Å². The third-order valence-corrected chi connectivity index (χ3v) is 5.76. The number of nitro benzene ring substituents is 1. The number of hydrogen-bond acceptors (Lipinski definition) is 7. The molecule has 0 radical (unpaired) electrons. The third kappa shape index (κ3) is 4.76. The molecule has 0 saturated heterocycles. The number of unbranched alkanes of at least 4 members (excludes halogenated alkanes) is 1. The topological polar surface area (TPSA) is 115 Å². The Bertz CT molecular complexity index is 1080. The molecular formula is C20H24N6O3S. The second-order valence-corrected chi connectivity index (χ2v) is 8.33. The van der Waals surface area contributed by atoms with Crippen molar-refractivity contribution >= 4 is 34.8 Å². The number of carbonyl (C=O) groups excluding carboxylic acids is 1. The Balaban J connectivity index is 1.72. The van der Waals surface area contributed by atoms with Crippen LogP contribution in [-0.4, -0.2) is 35.7 Å². The van der Waals surface area contributed by atoms with Gasteiger partial charge in [-0.05, 0) is 51.3 Å². The van der Waals surface area contributed by atoms with Gasteiger partial charge in [0.15, 0.2) is 0 Å². The molecule has 2 heterocycles. The summed E-state index contributed by atoms with van der Waals surface area (Å²) in [7, 11) is 0. The molecule has 1 aromatic carbocycles. The molecule has 0 aliphatic carbocycles. The van der Waals surface area contributed by atoms with Crippen LogP contribution in [0.2, 0.25) is 0 Å². The highest BCUT2D eigenvalue weighted by atomic mass is 32.2. The molecule has 1 unspecified atom stereocenters. The summed E-state index contributed by atoms with van der Waals surface area (Å²) in [4.78, 5) is 31.8. The van der Waals surface area contributed by atoms with Crippen molar-refractivity contribution in [1.29, 1.82) is 0 Å². The summed E-state index contributed by atoms with van der Waals surface area (Å²) in [5, 5.41) is 18.0. The molecule has 3 rings (SSSR count). The van der Waals surface area contributed by atoms with Gasteiger partial charge >= 0.3 is 0 Å². The van der Waals surface area contributed by atoms with Gasteiger partial charge in [-0.15, -0.1) is 5.10 Å². The molecular weight excluding hydrogens is 404 g/mol. The zero-order chi connectivity index (χ0) is 21.8. The molecule has 3 aromatic rings. The lowest BCUT2D eigenvalue weighted by Crippen LogP contribution is -2.22. The van der Waals surface area contributed by atoms with Crippen LogP contribution in [0.15, 0.2) is 29.4 Å². The summed E-state index contributed by atoms with van der Waals surface area (Å²) in [5.74, 6) is 0.285. The summed E-state index contributed by atoms with van der Waals surface area (Å²) < 4.78 is 1.74. The third-order valence-electron chi connectivity index (χ3n) is 4.81. The Labute approximate surface area is 178 Å². The highest BCUT2D eigenvalue weighted by Crippen LogP contribution is 2.24. The number of nitro groups is 1. The number of rotatable bonds is 8. The Hall–Kier alpha value is -3.01. The standard InChI is InChI=1S/C20H24N6O3S/c1-5-6-7-17-12(2)21-19-23-20(24-25(19)13(17)3)30-14(4)18(27)22-15-8-10-16(11-9-15)26(28)29/h8-11,14H,5-7H2,1-4H3,(H,22,27). The van der Waals surface area contributed by atoms with E-state index in [1.165, 1.54) is 41.6 Å². The monoisotopic (exact) mass is 428 g/mol. The van der Waals surface area contributed by atoms with E-state index in [9.17, 15) is 14.9 Å². The summed E-state index contributed by atoms with van der Waals surface area (Å²) in [5.41, 5.74) is 3.64. The fourth-order valence-corrected chi connectivity index (χ4v) is 3.82. The Morgan fingerprint density at radius 2 is 1.97 bits per heavy atom. The van der Waals surface area contributed by atoms with Gasteiger partial charge in [0.2, 0.25) is 11.1 Å². The Kier molecular flexibility index (Phi) is 6.66. The normalized spacial score (nSPS) is 12.1. The molecule has 1 N–H and O–H groups in total. The SMILES string of the molecule is CCCCc1c(C)nc2nc(SC(C)C(=O)Nc3ccc([N+](=O)[O-])cc3)nn2c1C. The number of aryl methyl sites for hydroxylation is 2. The lowest BCUT2D eigenvalue weighted by atomic mass is 10.1. The first kappa shape index (κ1) is 21.7. The molecule has 0 aliphatic rings. The first-order valence-corrected chi connectivity index (χ1v) is 10.6. The average molecular weight is 429 g/mol. The van der Waals surface area contributed by atoms with Crippen molar-refractivity contribution in [3.63, 3.8) is 0 Å². The summed E-state index contributed by atoms with van der Waals surface area (Å²) in [6, 6.07) is 5.71. The first-order chi connectivity index (χ1) is 14.3. The van der Waals surface area contributed by atoms with Gasteiger partial charge in [-0.25, -0.2) is 9.50 Å². The van der Waals surface area contributed by atoms with Gasteiger partial charge < -0.3 is 5.32 Å². The Morgan fingerprint density at radius 1 is 1.27 bits per heavy atom. The lowest BCUT2D eigenvalue weighted by molar-refractivity contribution is -0.384. The van der Waals surface area contributed by atoms with Crippen LogP contribution in [0.1, 0.15) is 43.6 Å². The average Bonchev–Trinajstić information content (AvgIpc) is 3.10. The molecule has 9 nitrogen and oxygen atoms in total. The van der Waals surface area contributed by atoms with Crippen molar-refractivity contribution in [3.8, 4) is 0 Å². The van der Waals surface area contributed by atoms with Gasteiger partial charge in [0, 0.05) is 29.2 Å². The van der Waals surface area contributed by atoms with E-state index >= 15 is 0 Å². The minimum atomic E-state index is -0.482. The largest absolute Gasteiger partial charge is 0.325 e. The maximum absolute atomic E-state index is 12.5. The number of benzene rings is 1. The molecule has 158 valence electrons. The quantitative estimate of drug-likeness (QED) is 0.326. The van der Waals surface area contributed by atoms with Crippen molar-refractivity contribution < 1.29 is 9.72 Å². The van der Waals surface area contributed by atoms with E-state index in [4.69, 9.17) is 0 Å².